The van der Waals surface area contributed by atoms with Crippen molar-refractivity contribution in [2.45, 2.75) is 39.2 Å². The summed E-state index contributed by atoms with van der Waals surface area (Å²) < 4.78 is 5.24. The Morgan fingerprint density at radius 3 is 2.51 bits per heavy atom. The van der Waals surface area contributed by atoms with Gasteiger partial charge in [-0.05, 0) is 80.2 Å². The number of fused-ring (bicyclic) bond motifs is 1. The lowest BCUT2D eigenvalue weighted by Crippen LogP contribution is -2.28. The zero-order valence-corrected chi connectivity index (χ0v) is 21.8. The van der Waals surface area contributed by atoms with Crippen molar-refractivity contribution in [1.29, 1.82) is 0 Å². The van der Waals surface area contributed by atoms with Crippen LogP contribution in [0.4, 0.5) is 5.13 Å². The highest BCUT2D eigenvalue weighted by Crippen LogP contribution is 2.47. The van der Waals surface area contributed by atoms with Gasteiger partial charge in [0.15, 0.2) is 0 Å². The number of hydrogen-bond donors (Lipinski definition) is 0. The summed E-state index contributed by atoms with van der Waals surface area (Å²) in [5.74, 6) is -0.136. The molecule has 2 heterocycles. The maximum absolute atomic E-state index is 12.5. The number of halogens is 2. The predicted octanol–water partition coefficient (Wildman–Crippen LogP) is 7.74. The maximum atomic E-state index is 12.5. The van der Waals surface area contributed by atoms with Crippen molar-refractivity contribution in [1.82, 2.24) is 4.98 Å². The highest BCUT2D eigenvalue weighted by atomic mass is 35.5. The Kier molecular flexibility index (Phi) is 6.96. The van der Waals surface area contributed by atoms with Crippen LogP contribution in [-0.2, 0) is 4.74 Å². The second kappa shape index (κ2) is 10.1. The zero-order valence-electron chi connectivity index (χ0n) is 19.5. The minimum Gasteiger partial charge on any atom is -0.462 e. The molecule has 1 aliphatic carbocycles. The first-order valence-electron chi connectivity index (χ1n) is 11.7. The molecule has 1 saturated carbocycles. The molecule has 0 unspecified atom stereocenters. The Morgan fingerprint density at radius 1 is 1.14 bits per heavy atom. The van der Waals surface area contributed by atoms with Gasteiger partial charge in [0.2, 0.25) is 5.13 Å². The van der Waals surface area contributed by atoms with Crippen molar-refractivity contribution in [2.24, 2.45) is 11.0 Å². The molecule has 2 atom stereocenters. The molecule has 0 N–H and O–H groups in total. The number of thiazole rings is 1. The van der Waals surface area contributed by atoms with E-state index in [1.807, 2.05) is 48.3 Å². The molecule has 180 valence electrons. The fourth-order valence-corrected chi connectivity index (χ4v) is 5.98. The van der Waals surface area contributed by atoms with Crippen LogP contribution in [0.5, 0.6) is 0 Å². The summed E-state index contributed by atoms with van der Waals surface area (Å²) in [5.41, 5.74) is 5.19. The maximum Gasteiger partial charge on any atom is 0.350 e. The molecule has 0 bridgehead atoms. The summed E-state index contributed by atoms with van der Waals surface area (Å²) in [7, 11) is 0. The van der Waals surface area contributed by atoms with Gasteiger partial charge in [0.05, 0.1) is 24.1 Å². The van der Waals surface area contributed by atoms with E-state index in [0.717, 1.165) is 41.1 Å². The molecule has 1 aliphatic heterocycles. The van der Waals surface area contributed by atoms with E-state index in [1.54, 1.807) is 6.92 Å². The third-order valence-corrected chi connectivity index (χ3v) is 8.00. The first-order chi connectivity index (χ1) is 16.9. The summed E-state index contributed by atoms with van der Waals surface area (Å²) in [6.07, 6.45) is 5.27. The molecular weight excluding hydrogens is 501 g/mol. The van der Waals surface area contributed by atoms with Crippen LogP contribution in [-0.4, -0.2) is 23.3 Å². The summed E-state index contributed by atoms with van der Waals surface area (Å²) in [4.78, 5) is 17.7. The van der Waals surface area contributed by atoms with Gasteiger partial charge in [-0.25, -0.2) is 14.8 Å². The smallest absolute Gasteiger partial charge is 0.350 e. The normalized spacial score (nSPS) is 20.6. The monoisotopic (exact) mass is 525 g/mol. The van der Waals surface area contributed by atoms with Gasteiger partial charge in [0, 0.05) is 16.0 Å². The van der Waals surface area contributed by atoms with Crippen molar-refractivity contribution >= 4 is 57.4 Å². The van der Waals surface area contributed by atoms with E-state index >= 15 is 0 Å². The number of benzene rings is 2. The molecule has 0 spiro atoms. The number of aromatic nitrogens is 1. The highest BCUT2D eigenvalue weighted by Gasteiger charge is 2.43. The van der Waals surface area contributed by atoms with Crippen LogP contribution in [0.15, 0.2) is 59.2 Å². The number of hydrogen-bond acceptors (Lipinski definition) is 6. The van der Waals surface area contributed by atoms with Crippen molar-refractivity contribution < 1.29 is 9.53 Å². The summed E-state index contributed by atoms with van der Waals surface area (Å²) >= 11 is 13.6. The quantitative estimate of drug-likeness (QED) is 0.319. The lowest BCUT2D eigenvalue weighted by Gasteiger charge is -2.29. The second-order valence-electron chi connectivity index (χ2n) is 8.68. The van der Waals surface area contributed by atoms with Gasteiger partial charge in [0.25, 0.3) is 0 Å². The fourth-order valence-electron chi connectivity index (χ4n) is 4.78. The van der Waals surface area contributed by atoms with Gasteiger partial charge in [-0.3, -0.25) is 0 Å². The molecule has 2 aromatic carbocycles. The molecule has 2 aliphatic rings. The average molecular weight is 526 g/mol. The van der Waals surface area contributed by atoms with Crippen LogP contribution in [0.2, 0.25) is 10.0 Å². The fraction of sp³-hybridized carbons (Fsp3) is 0.296. The van der Waals surface area contributed by atoms with Gasteiger partial charge in [0.1, 0.15) is 4.88 Å². The number of allylic oxidation sites excluding steroid dienone is 1. The van der Waals surface area contributed by atoms with Crippen LogP contribution in [0, 0.1) is 12.8 Å². The highest BCUT2D eigenvalue weighted by molar-refractivity contribution is 7.17. The SMILES string of the molecule is CCOC(=O)c1sc(N2N=C3/C(=C\c4ccc(Cl)cc4)CCC[C@H]3[C@H]2c2ccc(Cl)cc2)nc1C. The molecule has 1 fully saturated rings. The number of hydrazone groups is 1. The van der Waals surface area contributed by atoms with E-state index in [0.29, 0.717) is 27.3 Å². The van der Waals surface area contributed by atoms with Crippen LogP contribution in [0.25, 0.3) is 6.08 Å². The number of anilines is 1. The van der Waals surface area contributed by atoms with E-state index < -0.39 is 0 Å². The number of rotatable bonds is 5. The number of aryl methyl sites for hydroxylation is 1. The molecule has 5 nitrogen and oxygen atoms in total. The largest absolute Gasteiger partial charge is 0.462 e. The molecule has 5 rings (SSSR count). The van der Waals surface area contributed by atoms with Crippen LogP contribution >= 0.6 is 34.5 Å². The molecule has 0 radical (unpaired) electrons. The Labute approximate surface area is 219 Å². The van der Waals surface area contributed by atoms with E-state index in [4.69, 9.17) is 38.0 Å². The van der Waals surface area contributed by atoms with Gasteiger partial charge < -0.3 is 4.74 Å². The number of nitrogens with zero attached hydrogens (tertiary/aromatic N) is 3. The van der Waals surface area contributed by atoms with Gasteiger partial charge in [-0.1, -0.05) is 58.8 Å². The van der Waals surface area contributed by atoms with Gasteiger partial charge in [-0.2, -0.15) is 5.10 Å². The predicted molar refractivity (Wildman–Crippen MR) is 144 cm³/mol. The molecule has 8 heteroatoms. The van der Waals surface area contributed by atoms with E-state index in [-0.39, 0.29) is 17.9 Å². The van der Waals surface area contributed by atoms with Crippen molar-refractivity contribution in [3.63, 3.8) is 0 Å². The van der Waals surface area contributed by atoms with E-state index in [9.17, 15) is 4.79 Å². The molecule has 3 aromatic rings. The number of esters is 1. The summed E-state index contributed by atoms with van der Waals surface area (Å²) in [5, 5.41) is 9.23. The topological polar surface area (TPSA) is 54.8 Å². The summed E-state index contributed by atoms with van der Waals surface area (Å²) in [6.45, 7) is 3.97. The second-order valence-corrected chi connectivity index (χ2v) is 10.5. The summed E-state index contributed by atoms with van der Waals surface area (Å²) in [6, 6.07) is 15.8. The average Bonchev–Trinajstić information content (AvgIpc) is 3.43. The Balaban J connectivity index is 1.58. The lowest BCUT2D eigenvalue weighted by atomic mass is 9.77. The minimum absolute atomic E-state index is 0.0308. The van der Waals surface area contributed by atoms with Crippen LogP contribution in [0.1, 0.15) is 58.7 Å². The zero-order chi connectivity index (χ0) is 24.5. The van der Waals surface area contributed by atoms with Crippen LogP contribution < -0.4 is 5.01 Å². The van der Waals surface area contributed by atoms with E-state index in [1.165, 1.54) is 16.9 Å². The molecule has 1 aromatic heterocycles. The number of carbonyl (C=O) groups excluding carboxylic acids is 1. The third-order valence-electron chi connectivity index (χ3n) is 6.37. The standard InChI is InChI=1S/C27H25Cl2N3O2S/c1-3-34-26(33)25-16(2)30-27(35-25)32-24(18-9-13-21(29)14-10-18)22-6-4-5-19(23(22)31-32)15-17-7-11-20(28)12-8-17/h7-15,22,24H,3-6H2,1-2H3/b19-15-/t22-,24-/m1/s1. The van der Waals surface area contributed by atoms with Crippen LogP contribution in [0.3, 0.4) is 0 Å². The van der Waals surface area contributed by atoms with Gasteiger partial charge in [-0.15, -0.1) is 0 Å². The van der Waals surface area contributed by atoms with Gasteiger partial charge >= 0.3 is 5.97 Å². The third kappa shape index (κ3) is 4.88. The number of carbonyl (C=O) groups is 1. The Bertz CT molecular complexity index is 1300. The van der Waals surface area contributed by atoms with Crippen molar-refractivity contribution in [2.75, 3.05) is 11.6 Å². The Morgan fingerprint density at radius 2 is 1.83 bits per heavy atom. The lowest BCUT2D eigenvalue weighted by molar-refractivity contribution is 0.0531. The molecule has 0 amide bonds. The van der Waals surface area contributed by atoms with E-state index in [2.05, 4.69) is 18.2 Å². The first kappa shape index (κ1) is 24.0. The minimum atomic E-state index is -0.343. The van der Waals surface area contributed by atoms with Crippen molar-refractivity contribution in [3.8, 4) is 0 Å². The first-order valence-corrected chi connectivity index (χ1v) is 13.3. The molecular formula is C27H25Cl2N3O2S. The Hall–Kier alpha value is -2.67. The molecule has 0 saturated heterocycles. The molecule has 35 heavy (non-hydrogen) atoms. The number of ether oxygens (including phenoxy) is 1. The van der Waals surface area contributed by atoms with Crippen molar-refractivity contribution in [3.05, 3.63) is 85.8 Å².